The smallest absolute Gasteiger partial charge is 0.137 e. The Morgan fingerprint density at radius 2 is 2.20 bits per heavy atom. The number of rotatable bonds is 7. The van der Waals surface area contributed by atoms with Gasteiger partial charge in [-0.3, -0.25) is 0 Å². The van der Waals surface area contributed by atoms with Crippen molar-refractivity contribution in [2.24, 2.45) is 0 Å². The highest BCUT2D eigenvalue weighted by Gasteiger charge is 2.06. The molecular formula is C15H17FN2OS. The zero-order valence-electron chi connectivity index (χ0n) is 11.3. The summed E-state index contributed by atoms with van der Waals surface area (Å²) in [6.07, 6.45) is 1.70. The molecule has 0 aliphatic heterocycles. The zero-order valence-corrected chi connectivity index (χ0v) is 12.1. The lowest BCUT2D eigenvalue weighted by atomic mass is 10.2. The van der Waals surface area contributed by atoms with Gasteiger partial charge in [-0.15, -0.1) is 0 Å². The van der Waals surface area contributed by atoms with E-state index in [1.54, 1.807) is 25.4 Å². The molecule has 1 heterocycles. The molecule has 0 radical (unpaired) electrons. The van der Waals surface area contributed by atoms with Crippen LogP contribution in [0.25, 0.3) is 0 Å². The number of aromatic nitrogens is 1. The summed E-state index contributed by atoms with van der Waals surface area (Å²) in [7, 11) is 1.66. The molecule has 1 aromatic carbocycles. The first kappa shape index (κ1) is 15.0. The number of hydrogen-bond donors (Lipinski definition) is 1. The summed E-state index contributed by atoms with van der Waals surface area (Å²) in [6.45, 7) is 2.04. The van der Waals surface area contributed by atoms with Crippen LogP contribution >= 0.6 is 11.8 Å². The van der Waals surface area contributed by atoms with Crippen molar-refractivity contribution in [1.29, 1.82) is 0 Å². The van der Waals surface area contributed by atoms with E-state index in [2.05, 4.69) is 10.3 Å². The van der Waals surface area contributed by atoms with Gasteiger partial charge in [0.25, 0.3) is 0 Å². The molecule has 2 aromatic rings. The molecule has 0 aliphatic rings. The average Bonchev–Trinajstić information content (AvgIpc) is 2.47. The van der Waals surface area contributed by atoms with E-state index in [-0.39, 0.29) is 5.82 Å². The second kappa shape index (κ2) is 7.99. The fraction of sp³-hybridized carbons (Fsp3) is 0.267. The quantitative estimate of drug-likeness (QED) is 0.795. The van der Waals surface area contributed by atoms with Crippen molar-refractivity contribution >= 4 is 11.8 Å². The van der Waals surface area contributed by atoms with Crippen molar-refractivity contribution in [3.8, 4) is 0 Å². The maximum Gasteiger partial charge on any atom is 0.137 e. The molecule has 2 rings (SSSR count). The fourth-order valence-corrected chi connectivity index (χ4v) is 2.44. The number of benzene rings is 1. The first-order valence-electron chi connectivity index (χ1n) is 6.36. The Morgan fingerprint density at radius 1 is 1.30 bits per heavy atom. The van der Waals surface area contributed by atoms with Crippen LogP contribution in [0.1, 0.15) is 5.56 Å². The van der Waals surface area contributed by atoms with E-state index in [0.717, 1.165) is 17.1 Å². The standard InChI is InChI=1S/C15H17FN2OS/c1-19-9-8-17-11-12-5-6-14(13(16)10-12)20-15-4-2-3-7-18-15/h2-7,10,17H,8-9,11H2,1H3. The van der Waals surface area contributed by atoms with E-state index in [1.807, 2.05) is 24.3 Å². The molecule has 0 fully saturated rings. The van der Waals surface area contributed by atoms with Crippen molar-refractivity contribution in [2.75, 3.05) is 20.3 Å². The summed E-state index contributed by atoms with van der Waals surface area (Å²) in [4.78, 5) is 4.77. The average molecular weight is 292 g/mol. The SMILES string of the molecule is COCCNCc1ccc(Sc2ccccn2)c(F)c1. The summed E-state index contributed by atoms with van der Waals surface area (Å²) in [5.41, 5.74) is 0.920. The van der Waals surface area contributed by atoms with Gasteiger partial charge in [0, 0.05) is 31.3 Å². The summed E-state index contributed by atoms with van der Waals surface area (Å²) >= 11 is 1.33. The van der Waals surface area contributed by atoms with Gasteiger partial charge in [0.2, 0.25) is 0 Å². The van der Waals surface area contributed by atoms with Crippen molar-refractivity contribution < 1.29 is 9.13 Å². The fourth-order valence-electron chi connectivity index (χ4n) is 1.66. The van der Waals surface area contributed by atoms with Crippen molar-refractivity contribution in [3.63, 3.8) is 0 Å². The number of methoxy groups -OCH3 is 1. The van der Waals surface area contributed by atoms with E-state index in [9.17, 15) is 4.39 Å². The molecule has 0 unspecified atom stereocenters. The number of ether oxygens (including phenoxy) is 1. The van der Waals surface area contributed by atoms with Crippen molar-refractivity contribution in [2.45, 2.75) is 16.5 Å². The van der Waals surface area contributed by atoms with Gasteiger partial charge in [0.1, 0.15) is 10.8 Å². The molecule has 0 bridgehead atoms. The van der Waals surface area contributed by atoms with Crippen LogP contribution in [-0.2, 0) is 11.3 Å². The van der Waals surface area contributed by atoms with Gasteiger partial charge in [0.05, 0.1) is 6.61 Å². The van der Waals surface area contributed by atoms with Crippen LogP contribution in [-0.4, -0.2) is 25.2 Å². The maximum absolute atomic E-state index is 14.0. The van der Waals surface area contributed by atoms with E-state index >= 15 is 0 Å². The summed E-state index contributed by atoms with van der Waals surface area (Å²) in [6, 6.07) is 10.9. The van der Waals surface area contributed by atoms with E-state index in [4.69, 9.17) is 4.74 Å². The summed E-state index contributed by atoms with van der Waals surface area (Å²) in [5, 5.41) is 3.98. The summed E-state index contributed by atoms with van der Waals surface area (Å²) < 4.78 is 19.0. The maximum atomic E-state index is 14.0. The van der Waals surface area contributed by atoms with Crippen LogP contribution in [0.5, 0.6) is 0 Å². The molecular weight excluding hydrogens is 275 g/mol. The normalized spacial score (nSPS) is 10.7. The monoisotopic (exact) mass is 292 g/mol. The Morgan fingerprint density at radius 3 is 2.90 bits per heavy atom. The van der Waals surface area contributed by atoms with Gasteiger partial charge in [-0.1, -0.05) is 23.9 Å². The predicted octanol–water partition coefficient (Wildman–Crippen LogP) is 3.11. The molecule has 1 N–H and O–H groups in total. The van der Waals surface area contributed by atoms with E-state index in [1.165, 1.54) is 11.8 Å². The lowest BCUT2D eigenvalue weighted by Gasteiger charge is -2.07. The van der Waals surface area contributed by atoms with E-state index in [0.29, 0.717) is 18.0 Å². The highest BCUT2D eigenvalue weighted by Crippen LogP contribution is 2.28. The Hall–Kier alpha value is -1.43. The van der Waals surface area contributed by atoms with E-state index < -0.39 is 0 Å². The Balaban J connectivity index is 1.95. The first-order chi connectivity index (χ1) is 9.79. The third-order valence-electron chi connectivity index (χ3n) is 2.66. The second-order valence-corrected chi connectivity index (χ2v) is 5.27. The highest BCUT2D eigenvalue weighted by atomic mass is 32.2. The Kier molecular flexibility index (Phi) is 5.98. The number of nitrogens with zero attached hydrogens (tertiary/aromatic N) is 1. The predicted molar refractivity (Wildman–Crippen MR) is 78.3 cm³/mol. The first-order valence-corrected chi connectivity index (χ1v) is 7.18. The topological polar surface area (TPSA) is 34.1 Å². The molecule has 1 aromatic heterocycles. The lowest BCUT2D eigenvalue weighted by Crippen LogP contribution is -2.18. The van der Waals surface area contributed by atoms with Crippen LogP contribution in [0.2, 0.25) is 0 Å². The third-order valence-corrected chi connectivity index (χ3v) is 3.66. The van der Waals surface area contributed by atoms with Gasteiger partial charge < -0.3 is 10.1 Å². The minimum absolute atomic E-state index is 0.216. The highest BCUT2D eigenvalue weighted by molar-refractivity contribution is 7.99. The molecule has 0 aliphatic carbocycles. The molecule has 0 saturated heterocycles. The Labute approximate surface area is 122 Å². The Bertz CT molecular complexity index is 537. The van der Waals surface area contributed by atoms with Gasteiger partial charge in [-0.05, 0) is 29.8 Å². The largest absolute Gasteiger partial charge is 0.383 e. The molecule has 20 heavy (non-hydrogen) atoms. The van der Waals surface area contributed by atoms with Crippen LogP contribution in [0.15, 0.2) is 52.5 Å². The second-order valence-electron chi connectivity index (χ2n) is 4.20. The number of nitrogens with one attached hydrogen (secondary N) is 1. The number of hydrogen-bond acceptors (Lipinski definition) is 4. The zero-order chi connectivity index (χ0) is 14.2. The van der Waals surface area contributed by atoms with Crippen LogP contribution in [0.4, 0.5) is 4.39 Å². The molecule has 0 atom stereocenters. The minimum Gasteiger partial charge on any atom is -0.383 e. The third kappa shape index (κ3) is 4.59. The number of pyridine rings is 1. The van der Waals surface area contributed by atoms with Crippen LogP contribution < -0.4 is 5.32 Å². The molecule has 0 saturated carbocycles. The molecule has 0 spiro atoms. The van der Waals surface area contributed by atoms with Gasteiger partial charge in [-0.25, -0.2) is 9.37 Å². The van der Waals surface area contributed by atoms with Crippen molar-refractivity contribution in [1.82, 2.24) is 10.3 Å². The van der Waals surface area contributed by atoms with Gasteiger partial charge in [0.15, 0.2) is 0 Å². The summed E-state index contributed by atoms with van der Waals surface area (Å²) in [5.74, 6) is -0.216. The van der Waals surface area contributed by atoms with Crippen LogP contribution in [0.3, 0.4) is 0 Å². The molecule has 5 heteroatoms. The minimum atomic E-state index is -0.216. The van der Waals surface area contributed by atoms with Crippen LogP contribution in [0, 0.1) is 5.82 Å². The number of halogens is 1. The molecule has 3 nitrogen and oxygen atoms in total. The molecule has 106 valence electrons. The van der Waals surface area contributed by atoms with Crippen molar-refractivity contribution in [3.05, 3.63) is 54.0 Å². The van der Waals surface area contributed by atoms with Gasteiger partial charge in [-0.2, -0.15) is 0 Å². The lowest BCUT2D eigenvalue weighted by molar-refractivity contribution is 0.199. The van der Waals surface area contributed by atoms with Gasteiger partial charge >= 0.3 is 0 Å². The molecule has 0 amide bonds.